The fourth-order valence-corrected chi connectivity index (χ4v) is 1.78. The third-order valence-corrected chi connectivity index (χ3v) is 3.05. The van der Waals surface area contributed by atoms with Crippen LogP contribution in [0.2, 0.25) is 0 Å². The first-order chi connectivity index (χ1) is 9.99. The molecule has 1 rings (SSSR count). The number of rotatable bonds is 8. The Kier molecular flexibility index (Phi) is 7.46. The number of hydrogen-bond acceptors (Lipinski definition) is 3. The second-order valence-electron chi connectivity index (χ2n) is 5.55. The van der Waals surface area contributed by atoms with E-state index in [2.05, 4.69) is 10.6 Å². The molecule has 2 amide bonds. The Morgan fingerprint density at radius 3 is 2.43 bits per heavy atom. The van der Waals surface area contributed by atoms with Gasteiger partial charge in [0.05, 0.1) is 12.6 Å². The van der Waals surface area contributed by atoms with E-state index >= 15 is 0 Å². The lowest BCUT2D eigenvalue weighted by molar-refractivity contribution is -0.126. The van der Waals surface area contributed by atoms with Gasteiger partial charge in [0.15, 0.2) is 0 Å². The molecule has 5 heteroatoms. The van der Waals surface area contributed by atoms with E-state index in [9.17, 15) is 9.59 Å². The molecular formula is C16H25N3O2. The molecule has 0 aliphatic heterocycles. The van der Waals surface area contributed by atoms with Crippen molar-refractivity contribution in [1.82, 2.24) is 10.6 Å². The molecule has 0 aliphatic carbocycles. The lowest BCUT2D eigenvalue weighted by Gasteiger charge is -2.13. The monoisotopic (exact) mass is 291 g/mol. The van der Waals surface area contributed by atoms with Gasteiger partial charge in [-0.2, -0.15) is 0 Å². The Labute approximate surface area is 126 Å². The summed E-state index contributed by atoms with van der Waals surface area (Å²) in [5.74, 6) is -0.0873. The number of benzene rings is 1. The van der Waals surface area contributed by atoms with Crippen molar-refractivity contribution in [2.24, 2.45) is 11.7 Å². The maximum Gasteiger partial charge on any atom is 0.239 e. The van der Waals surface area contributed by atoms with Crippen LogP contribution >= 0.6 is 0 Å². The third-order valence-electron chi connectivity index (χ3n) is 3.05. The lowest BCUT2D eigenvalue weighted by Crippen LogP contribution is -2.45. The van der Waals surface area contributed by atoms with Crippen molar-refractivity contribution in [2.75, 3.05) is 13.1 Å². The number of aryl methyl sites for hydroxylation is 1. The van der Waals surface area contributed by atoms with E-state index in [1.54, 1.807) is 0 Å². The van der Waals surface area contributed by atoms with Gasteiger partial charge >= 0.3 is 0 Å². The van der Waals surface area contributed by atoms with Gasteiger partial charge in [-0.3, -0.25) is 9.59 Å². The maximum absolute atomic E-state index is 11.8. The average Bonchev–Trinajstić information content (AvgIpc) is 2.49. The largest absolute Gasteiger partial charge is 0.354 e. The average molecular weight is 291 g/mol. The highest BCUT2D eigenvalue weighted by molar-refractivity contribution is 5.87. The predicted molar refractivity (Wildman–Crippen MR) is 83.6 cm³/mol. The topological polar surface area (TPSA) is 84.2 Å². The summed E-state index contributed by atoms with van der Waals surface area (Å²) in [7, 11) is 0. The SMILES string of the molecule is CC(C)CNC(=O)CNC(=O)C(N)CCc1ccccc1. The van der Waals surface area contributed by atoms with Gasteiger partial charge in [-0.05, 0) is 24.3 Å². The van der Waals surface area contributed by atoms with E-state index in [0.717, 1.165) is 12.0 Å². The van der Waals surface area contributed by atoms with Gasteiger partial charge < -0.3 is 16.4 Å². The van der Waals surface area contributed by atoms with Crippen LogP contribution in [0, 0.1) is 5.92 Å². The second kappa shape index (κ2) is 9.13. The lowest BCUT2D eigenvalue weighted by atomic mass is 10.1. The zero-order valence-electron chi connectivity index (χ0n) is 12.8. The van der Waals surface area contributed by atoms with E-state index < -0.39 is 6.04 Å². The summed E-state index contributed by atoms with van der Waals surface area (Å²) in [4.78, 5) is 23.3. The number of nitrogens with two attached hydrogens (primary N) is 1. The first kappa shape index (κ1) is 17.2. The molecular weight excluding hydrogens is 266 g/mol. The maximum atomic E-state index is 11.8. The minimum absolute atomic E-state index is 0.0232. The molecule has 1 atom stereocenters. The zero-order valence-corrected chi connectivity index (χ0v) is 12.8. The third kappa shape index (κ3) is 7.46. The number of carbonyl (C=O) groups is 2. The van der Waals surface area contributed by atoms with Gasteiger partial charge in [0.2, 0.25) is 11.8 Å². The zero-order chi connectivity index (χ0) is 15.7. The van der Waals surface area contributed by atoms with Crippen LogP contribution in [0.3, 0.4) is 0 Å². The molecule has 0 aliphatic rings. The summed E-state index contributed by atoms with van der Waals surface area (Å²) in [6, 6.07) is 9.28. The van der Waals surface area contributed by atoms with E-state index in [0.29, 0.717) is 18.9 Å². The summed E-state index contributed by atoms with van der Waals surface area (Å²) in [6.07, 6.45) is 1.30. The summed E-state index contributed by atoms with van der Waals surface area (Å²) >= 11 is 0. The van der Waals surface area contributed by atoms with Crippen LogP contribution in [-0.4, -0.2) is 30.9 Å². The van der Waals surface area contributed by atoms with Crippen LogP contribution in [0.15, 0.2) is 30.3 Å². The Morgan fingerprint density at radius 1 is 1.14 bits per heavy atom. The number of carbonyl (C=O) groups excluding carboxylic acids is 2. The molecule has 21 heavy (non-hydrogen) atoms. The van der Waals surface area contributed by atoms with Crippen LogP contribution in [0.4, 0.5) is 0 Å². The Bertz CT molecular complexity index is 446. The minimum atomic E-state index is -0.594. The number of amides is 2. The Hall–Kier alpha value is -1.88. The van der Waals surface area contributed by atoms with Crippen LogP contribution in [0.1, 0.15) is 25.8 Å². The van der Waals surface area contributed by atoms with Crippen molar-refractivity contribution < 1.29 is 9.59 Å². The Morgan fingerprint density at radius 2 is 1.81 bits per heavy atom. The van der Waals surface area contributed by atoms with Gasteiger partial charge in [0.1, 0.15) is 0 Å². The molecule has 0 spiro atoms. The fraction of sp³-hybridized carbons (Fsp3) is 0.500. The molecule has 0 heterocycles. The van der Waals surface area contributed by atoms with E-state index in [1.165, 1.54) is 0 Å². The summed E-state index contributed by atoms with van der Waals surface area (Å²) in [5.41, 5.74) is 6.98. The van der Waals surface area contributed by atoms with Crippen LogP contribution < -0.4 is 16.4 Å². The molecule has 1 aromatic rings. The van der Waals surface area contributed by atoms with Gasteiger partial charge in [-0.25, -0.2) is 0 Å². The molecule has 0 fully saturated rings. The van der Waals surface area contributed by atoms with Crippen molar-refractivity contribution in [1.29, 1.82) is 0 Å². The van der Waals surface area contributed by atoms with Gasteiger partial charge in [0.25, 0.3) is 0 Å². The molecule has 1 aromatic carbocycles. The van der Waals surface area contributed by atoms with Crippen molar-refractivity contribution in [3.8, 4) is 0 Å². The molecule has 0 radical (unpaired) electrons. The fourth-order valence-electron chi connectivity index (χ4n) is 1.78. The highest BCUT2D eigenvalue weighted by Gasteiger charge is 2.14. The quantitative estimate of drug-likeness (QED) is 0.663. The number of hydrogen-bond donors (Lipinski definition) is 3. The van der Waals surface area contributed by atoms with Crippen molar-refractivity contribution in [3.05, 3.63) is 35.9 Å². The number of nitrogens with one attached hydrogen (secondary N) is 2. The first-order valence-corrected chi connectivity index (χ1v) is 7.33. The summed E-state index contributed by atoms with van der Waals surface area (Å²) in [6.45, 7) is 4.61. The van der Waals surface area contributed by atoms with Crippen molar-refractivity contribution >= 4 is 11.8 Å². The van der Waals surface area contributed by atoms with Crippen LogP contribution in [-0.2, 0) is 16.0 Å². The first-order valence-electron chi connectivity index (χ1n) is 7.33. The van der Waals surface area contributed by atoms with Gasteiger partial charge in [-0.15, -0.1) is 0 Å². The van der Waals surface area contributed by atoms with E-state index in [1.807, 2.05) is 44.2 Å². The molecule has 0 saturated carbocycles. The smallest absolute Gasteiger partial charge is 0.239 e. The molecule has 5 nitrogen and oxygen atoms in total. The molecule has 116 valence electrons. The van der Waals surface area contributed by atoms with Crippen molar-refractivity contribution in [3.63, 3.8) is 0 Å². The predicted octanol–water partition coefficient (Wildman–Crippen LogP) is 0.835. The highest BCUT2D eigenvalue weighted by atomic mass is 16.2. The molecule has 0 aromatic heterocycles. The minimum Gasteiger partial charge on any atom is -0.354 e. The molecule has 1 unspecified atom stereocenters. The van der Waals surface area contributed by atoms with Gasteiger partial charge in [-0.1, -0.05) is 44.2 Å². The summed E-state index contributed by atoms with van der Waals surface area (Å²) < 4.78 is 0. The van der Waals surface area contributed by atoms with E-state index in [4.69, 9.17) is 5.73 Å². The standard InChI is InChI=1S/C16H25N3O2/c1-12(2)10-18-15(20)11-19-16(21)14(17)9-8-13-6-4-3-5-7-13/h3-7,12,14H,8-11,17H2,1-2H3,(H,18,20)(H,19,21). The highest BCUT2D eigenvalue weighted by Crippen LogP contribution is 2.03. The molecule has 4 N–H and O–H groups in total. The Balaban J connectivity index is 2.23. The van der Waals surface area contributed by atoms with Crippen molar-refractivity contribution in [2.45, 2.75) is 32.7 Å². The second-order valence-corrected chi connectivity index (χ2v) is 5.55. The van der Waals surface area contributed by atoms with E-state index in [-0.39, 0.29) is 18.4 Å². The molecule has 0 bridgehead atoms. The van der Waals surface area contributed by atoms with Crippen LogP contribution in [0.5, 0.6) is 0 Å². The van der Waals surface area contributed by atoms with Gasteiger partial charge in [0, 0.05) is 6.54 Å². The molecule has 0 saturated heterocycles. The van der Waals surface area contributed by atoms with Crippen LogP contribution in [0.25, 0.3) is 0 Å². The summed E-state index contributed by atoms with van der Waals surface area (Å²) in [5, 5.41) is 5.31. The normalized spacial score (nSPS) is 12.0.